The standard InChI is InChI=1S/C22H44N6O12/c23-2-1-8(30)20(36)28-7-3-6(25)18(39-21-12(27)15(33)14(32)9(4-24)37-21)17(35)19(7)40-22-16(34)11(26)13(31)10(5-29)38-22/h6-19,21-22,29-35H,1-5,23-27H2,(H,28,36)/t6-,7+,8-,9+,10+,11-,12+,13+,14+,15+,16+,17-,18+,19-,21+,22+/m0/s1. The van der Waals surface area contributed by atoms with Crippen LogP contribution in [0.2, 0.25) is 0 Å². The van der Waals surface area contributed by atoms with Gasteiger partial charge in [0.1, 0.15) is 61.0 Å². The Morgan fingerprint density at radius 3 is 2.08 bits per heavy atom. The largest absolute Gasteiger partial charge is 0.394 e. The number of aliphatic hydroxyl groups excluding tert-OH is 7. The van der Waals surface area contributed by atoms with E-state index in [-0.39, 0.29) is 25.9 Å². The van der Waals surface area contributed by atoms with Gasteiger partial charge in [-0.25, -0.2) is 0 Å². The molecule has 16 atom stereocenters. The molecule has 0 unspecified atom stereocenters. The van der Waals surface area contributed by atoms with E-state index >= 15 is 0 Å². The molecule has 3 aliphatic rings. The highest BCUT2D eigenvalue weighted by Crippen LogP contribution is 2.31. The number of rotatable bonds is 10. The smallest absolute Gasteiger partial charge is 0.249 e. The van der Waals surface area contributed by atoms with Crippen molar-refractivity contribution in [1.82, 2.24) is 5.32 Å². The van der Waals surface area contributed by atoms with E-state index in [4.69, 9.17) is 47.6 Å². The molecule has 3 rings (SSSR count). The molecule has 0 aromatic carbocycles. The van der Waals surface area contributed by atoms with Gasteiger partial charge >= 0.3 is 0 Å². The van der Waals surface area contributed by atoms with Crippen LogP contribution in [0.3, 0.4) is 0 Å². The van der Waals surface area contributed by atoms with Crippen LogP contribution in [0.15, 0.2) is 0 Å². The summed E-state index contributed by atoms with van der Waals surface area (Å²) in [6.45, 7) is -0.817. The van der Waals surface area contributed by atoms with Gasteiger partial charge in [-0.2, -0.15) is 0 Å². The first-order valence-corrected chi connectivity index (χ1v) is 13.1. The molecule has 1 amide bonds. The molecule has 18 nitrogen and oxygen atoms in total. The lowest BCUT2D eigenvalue weighted by Crippen LogP contribution is -2.70. The molecule has 1 aliphatic carbocycles. The molecule has 0 bridgehead atoms. The van der Waals surface area contributed by atoms with Gasteiger partial charge in [-0.1, -0.05) is 0 Å². The Balaban J connectivity index is 1.85. The highest BCUT2D eigenvalue weighted by molar-refractivity contribution is 5.80. The number of amides is 1. The first-order chi connectivity index (χ1) is 18.9. The third kappa shape index (κ3) is 7.06. The molecule has 2 aliphatic heterocycles. The molecule has 0 spiro atoms. The maximum Gasteiger partial charge on any atom is 0.249 e. The lowest BCUT2D eigenvalue weighted by molar-refractivity contribution is -0.319. The van der Waals surface area contributed by atoms with Gasteiger partial charge in [0.25, 0.3) is 0 Å². The summed E-state index contributed by atoms with van der Waals surface area (Å²) >= 11 is 0. The molecule has 2 heterocycles. The highest BCUT2D eigenvalue weighted by atomic mass is 16.7. The second-order valence-electron chi connectivity index (χ2n) is 10.4. The Kier molecular flexibility index (Phi) is 11.9. The maximum atomic E-state index is 12.6. The van der Waals surface area contributed by atoms with E-state index in [1.165, 1.54) is 0 Å². The van der Waals surface area contributed by atoms with E-state index in [9.17, 15) is 40.5 Å². The molecule has 40 heavy (non-hydrogen) atoms. The molecule has 1 saturated carbocycles. The van der Waals surface area contributed by atoms with Crippen LogP contribution in [0.25, 0.3) is 0 Å². The van der Waals surface area contributed by atoms with Gasteiger partial charge in [0.15, 0.2) is 12.6 Å². The van der Waals surface area contributed by atoms with Crippen LogP contribution in [0.1, 0.15) is 12.8 Å². The quantitative estimate of drug-likeness (QED) is 0.113. The third-order valence-corrected chi connectivity index (χ3v) is 7.59. The zero-order chi connectivity index (χ0) is 29.9. The topological polar surface area (TPSA) is 338 Å². The van der Waals surface area contributed by atoms with Gasteiger partial charge in [-0.15, -0.1) is 0 Å². The fourth-order valence-electron chi connectivity index (χ4n) is 5.11. The van der Waals surface area contributed by atoms with Crippen molar-refractivity contribution in [2.45, 2.75) is 111 Å². The van der Waals surface area contributed by atoms with Crippen molar-refractivity contribution in [3.05, 3.63) is 0 Å². The second-order valence-corrected chi connectivity index (χ2v) is 10.4. The van der Waals surface area contributed by atoms with Crippen molar-refractivity contribution < 1.29 is 59.5 Å². The number of ether oxygens (including phenoxy) is 4. The van der Waals surface area contributed by atoms with Crippen molar-refractivity contribution in [3.8, 4) is 0 Å². The number of carbonyl (C=O) groups is 1. The minimum Gasteiger partial charge on any atom is -0.394 e. The average Bonchev–Trinajstić information content (AvgIpc) is 2.92. The molecule has 0 radical (unpaired) electrons. The Labute approximate surface area is 230 Å². The summed E-state index contributed by atoms with van der Waals surface area (Å²) in [5.74, 6) is -0.825. The summed E-state index contributed by atoms with van der Waals surface area (Å²) in [5.41, 5.74) is 29.2. The molecule has 0 aromatic rings. The molecule has 3 fully saturated rings. The Morgan fingerprint density at radius 1 is 0.850 bits per heavy atom. The molecular weight excluding hydrogens is 540 g/mol. The fourth-order valence-corrected chi connectivity index (χ4v) is 5.11. The average molecular weight is 585 g/mol. The van der Waals surface area contributed by atoms with Gasteiger partial charge in [0.2, 0.25) is 5.91 Å². The molecular formula is C22H44N6O12. The summed E-state index contributed by atoms with van der Waals surface area (Å²) in [5, 5.41) is 74.8. The predicted octanol–water partition coefficient (Wildman–Crippen LogP) is -8.46. The highest BCUT2D eigenvalue weighted by Gasteiger charge is 2.52. The Morgan fingerprint density at radius 2 is 1.48 bits per heavy atom. The normalized spacial score (nSPS) is 47.0. The minimum absolute atomic E-state index is 0.0219. The summed E-state index contributed by atoms with van der Waals surface area (Å²) in [6, 6.07) is -4.61. The number of nitrogens with two attached hydrogens (primary N) is 5. The van der Waals surface area contributed by atoms with Crippen molar-refractivity contribution in [2.24, 2.45) is 28.7 Å². The van der Waals surface area contributed by atoms with E-state index in [1.807, 2.05) is 0 Å². The molecule has 0 aromatic heterocycles. The third-order valence-electron chi connectivity index (χ3n) is 7.59. The van der Waals surface area contributed by atoms with Crippen molar-refractivity contribution in [1.29, 1.82) is 0 Å². The number of hydrogen-bond donors (Lipinski definition) is 13. The lowest BCUT2D eigenvalue weighted by Gasteiger charge is -2.49. The van der Waals surface area contributed by atoms with Gasteiger partial charge in [-0.3, -0.25) is 4.79 Å². The summed E-state index contributed by atoms with van der Waals surface area (Å²) in [4.78, 5) is 12.6. The van der Waals surface area contributed by atoms with Crippen LogP contribution >= 0.6 is 0 Å². The van der Waals surface area contributed by atoms with Gasteiger partial charge < -0.3 is 88.7 Å². The summed E-state index contributed by atoms with van der Waals surface area (Å²) in [6.07, 6.45) is -17.1. The number of aliphatic hydroxyl groups is 7. The maximum absolute atomic E-state index is 12.6. The van der Waals surface area contributed by atoms with E-state index in [0.717, 1.165) is 0 Å². The molecule has 2 saturated heterocycles. The van der Waals surface area contributed by atoms with Crippen LogP contribution in [0, 0.1) is 0 Å². The van der Waals surface area contributed by atoms with Crippen molar-refractivity contribution in [3.63, 3.8) is 0 Å². The van der Waals surface area contributed by atoms with Crippen LogP contribution < -0.4 is 34.0 Å². The summed E-state index contributed by atoms with van der Waals surface area (Å²) < 4.78 is 22.8. The van der Waals surface area contributed by atoms with Gasteiger partial charge in [0.05, 0.1) is 24.7 Å². The van der Waals surface area contributed by atoms with Gasteiger partial charge in [0, 0.05) is 12.6 Å². The monoisotopic (exact) mass is 584 g/mol. The van der Waals surface area contributed by atoms with Crippen LogP contribution in [0.5, 0.6) is 0 Å². The first-order valence-electron chi connectivity index (χ1n) is 13.1. The Hall–Kier alpha value is -1.17. The Bertz CT molecular complexity index is 816. The molecule has 18 N–H and O–H groups in total. The van der Waals surface area contributed by atoms with Gasteiger partial charge in [-0.05, 0) is 19.4 Å². The van der Waals surface area contributed by atoms with Crippen LogP contribution in [-0.2, 0) is 23.7 Å². The van der Waals surface area contributed by atoms with Crippen LogP contribution in [-0.4, -0.2) is 159 Å². The lowest BCUT2D eigenvalue weighted by atomic mass is 9.83. The predicted molar refractivity (Wildman–Crippen MR) is 133 cm³/mol. The van der Waals surface area contributed by atoms with E-state index in [2.05, 4.69) is 5.32 Å². The fraction of sp³-hybridized carbons (Fsp3) is 0.955. The van der Waals surface area contributed by atoms with Crippen LogP contribution in [0.4, 0.5) is 0 Å². The van der Waals surface area contributed by atoms with E-state index in [0.29, 0.717) is 0 Å². The minimum atomic E-state index is -1.66. The SMILES string of the molecule is NCC[C@H](O)C(=O)N[C@@H]1C[C@H](N)[C@@H](O[C@H]2O[C@H](CN)[C@@H](O)[C@H](O)[C@H]2N)[C@H](O)[C@H]1O[C@H]1O[C@H](CO)[C@@H](O)[C@H](N)[C@H]1O. The zero-order valence-corrected chi connectivity index (χ0v) is 21.8. The van der Waals surface area contributed by atoms with E-state index in [1.54, 1.807) is 0 Å². The number of nitrogens with one attached hydrogen (secondary N) is 1. The first kappa shape index (κ1) is 33.3. The summed E-state index contributed by atoms with van der Waals surface area (Å²) in [7, 11) is 0. The molecule has 18 heteroatoms. The second kappa shape index (κ2) is 14.3. The number of carbonyl (C=O) groups excluding carboxylic acids is 1. The van der Waals surface area contributed by atoms with Crippen molar-refractivity contribution >= 4 is 5.91 Å². The van der Waals surface area contributed by atoms with E-state index < -0.39 is 110 Å². The number of hydrogen-bond acceptors (Lipinski definition) is 17. The zero-order valence-electron chi connectivity index (χ0n) is 21.8. The van der Waals surface area contributed by atoms with Crippen molar-refractivity contribution in [2.75, 3.05) is 19.7 Å². The molecule has 234 valence electrons.